The van der Waals surface area contributed by atoms with Gasteiger partial charge >= 0.3 is 0 Å². The number of halogens is 1. The van der Waals surface area contributed by atoms with Crippen LogP contribution in [0.2, 0.25) is 0 Å². The van der Waals surface area contributed by atoms with Crippen molar-refractivity contribution in [2.45, 2.75) is 20.5 Å². The van der Waals surface area contributed by atoms with E-state index in [2.05, 4.69) is 20.4 Å². The molecule has 7 nitrogen and oxygen atoms in total. The Morgan fingerprint density at radius 1 is 1.09 bits per heavy atom. The van der Waals surface area contributed by atoms with Gasteiger partial charge in [-0.15, -0.1) is 0 Å². The molecule has 0 aliphatic carbocycles. The Balaban J connectivity index is 1.53. The number of nitrogens with one attached hydrogen (secondary N) is 1. The molecule has 4 rings (SSSR count). The van der Waals surface area contributed by atoms with Crippen LogP contribution in [0.4, 0.5) is 15.9 Å². The molecule has 0 unspecified atom stereocenters. The van der Waals surface area contributed by atoms with Gasteiger partial charge < -0.3 is 20.0 Å². The summed E-state index contributed by atoms with van der Waals surface area (Å²) in [6, 6.07) is 17.9. The SMILES string of the molecule is C/C(=N\OCCO)c1ccc2ncnc(Nc3ccc(OCc4cccc(F)c4)c(C)c3)c2c1. The maximum absolute atomic E-state index is 13.4. The van der Waals surface area contributed by atoms with Crippen molar-refractivity contribution in [2.24, 2.45) is 5.16 Å². The van der Waals surface area contributed by atoms with Crippen LogP contribution in [0.5, 0.6) is 5.75 Å². The van der Waals surface area contributed by atoms with Crippen molar-refractivity contribution < 1.29 is 19.1 Å². The summed E-state index contributed by atoms with van der Waals surface area (Å²) in [6.45, 7) is 4.12. The lowest BCUT2D eigenvalue weighted by molar-refractivity contribution is 0.0986. The van der Waals surface area contributed by atoms with Gasteiger partial charge in [0.1, 0.15) is 36.9 Å². The summed E-state index contributed by atoms with van der Waals surface area (Å²) < 4.78 is 19.3. The Morgan fingerprint density at radius 3 is 2.76 bits per heavy atom. The number of aromatic nitrogens is 2. The molecule has 0 aliphatic heterocycles. The third-order valence-corrected chi connectivity index (χ3v) is 5.16. The van der Waals surface area contributed by atoms with Crippen molar-refractivity contribution in [2.75, 3.05) is 18.5 Å². The number of hydrogen-bond acceptors (Lipinski definition) is 7. The van der Waals surface area contributed by atoms with E-state index >= 15 is 0 Å². The summed E-state index contributed by atoms with van der Waals surface area (Å²) in [6.07, 6.45) is 1.51. The second kappa shape index (κ2) is 10.7. The number of hydrogen-bond donors (Lipinski definition) is 2. The van der Waals surface area contributed by atoms with Crippen molar-refractivity contribution in [3.05, 3.63) is 89.5 Å². The fraction of sp³-hybridized carbons (Fsp3) is 0.192. The second-order valence-electron chi connectivity index (χ2n) is 7.71. The van der Waals surface area contributed by atoms with Gasteiger partial charge in [-0.05, 0) is 73.0 Å². The Hall–Kier alpha value is -4.04. The van der Waals surface area contributed by atoms with Gasteiger partial charge in [0.2, 0.25) is 0 Å². The summed E-state index contributed by atoms with van der Waals surface area (Å²) in [5.41, 5.74) is 4.88. The topological polar surface area (TPSA) is 88.9 Å². The molecule has 0 spiro atoms. The number of aryl methyl sites for hydroxylation is 1. The standard InChI is InChI=1S/C26H25FN4O3/c1-17-12-22(7-9-25(17)33-15-19-4-3-5-21(27)13-19)30-26-23-14-20(18(2)31-34-11-10-32)6-8-24(23)28-16-29-26/h3-9,12-14,16,32H,10-11,15H2,1-2H3,(H,28,29,30)/b31-18+. The number of benzene rings is 3. The lowest BCUT2D eigenvalue weighted by atomic mass is 10.1. The highest BCUT2D eigenvalue weighted by molar-refractivity contribution is 6.03. The van der Waals surface area contributed by atoms with Gasteiger partial charge in [-0.3, -0.25) is 0 Å². The number of oxime groups is 1. The van der Waals surface area contributed by atoms with Crippen LogP contribution in [0.25, 0.3) is 10.9 Å². The first kappa shape index (κ1) is 23.1. The molecule has 0 saturated heterocycles. The van der Waals surface area contributed by atoms with Gasteiger partial charge in [0.15, 0.2) is 0 Å². The summed E-state index contributed by atoms with van der Waals surface area (Å²) in [4.78, 5) is 13.8. The number of nitrogens with zero attached hydrogens (tertiary/aromatic N) is 3. The molecular weight excluding hydrogens is 435 g/mol. The number of aliphatic hydroxyl groups excluding tert-OH is 1. The van der Waals surface area contributed by atoms with E-state index in [1.54, 1.807) is 6.07 Å². The fourth-order valence-corrected chi connectivity index (χ4v) is 3.43. The monoisotopic (exact) mass is 460 g/mol. The molecule has 174 valence electrons. The predicted octanol–water partition coefficient (Wildman–Crippen LogP) is 5.13. The third kappa shape index (κ3) is 5.65. The summed E-state index contributed by atoms with van der Waals surface area (Å²) in [5, 5.41) is 17.1. The van der Waals surface area contributed by atoms with E-state index in [4.69, 9.17) is 14.7 Å². The number of fused-ring (bicyclic) bond motifs is 1. The smallest absolute Gasteiger partial charge is 0.141 e. The Morgan fingerprint density at radius 2 is 1.97 bits per heavy atom. The summed E-state index contributed by atoms with van der Waals surface area (Å²) in [5.74, 6) is 1.10. The van der Waals surface area contributed by atoms with Crippen LogP contribution >= 0.6 is 0 Å². The zero-order valence-electron chi connectivity index (χ0n) is 19.0. The largest absolute Gasteiger partial charge is 0.489 e. The maximum Gasteiger partial charge on any atom is 0.141 e. The molecule has 4 aromatic rings. The van der Waals surface area contributed by atoms with Gasteiger partial charge in [0.05, 0.1) is 17.8 Å². The van der Waals surface area contributed by atoms with Crippen molar-refractivity contribution in [3.8, 4) is 5.75 Å². The molecule has 0 bridgehead atoms. The number of anilines is 2. The van der Waals surface area contributed by atoms with E-state index in [9.17, 15) is 4.39 Å². The van der Waals surface area contributed by atoms with Gasteiger partial charge in [-0.25, -0.2) is 14.4 Å². The minimum atomic E-state index is -0.281. The minimum Gasteiger partial charge on any atom is -0.489 e. The van der Waals surface area contributed by atoms with Gasteiger partial charge in [-0.1, -0.05) is 23.4 Å². The number of rotatable bonds is 9. The zero-order valence-corrected chi connectivity index (χ0v) is 19.0. The first-order valence-electron chi connectivity index (χ1n) is 10.8. The van der Waals surface area contributed by atoms with Crippen molar-refractivity contribution in [1.29, 1.82) is 0 Å². The third-order valence-electron chi connectivity index (χ3n) is 5.16. The molecule has 0 amide bonds. The lowest BCUT2D eigenvalue weighted by Gasteiger charge is -2.13. The Kier molecular flexibility index (Phi) is 7.29. The second-order valence-corrected chi connectivity index (χ2v) is 7.71. The lowest BCUT2D eigenvalue weighted by Crippen LogP contribution is -2.02. The molecule has 34 heavy (non-hydrogen) atoms. The van der Waals surface area contributed by atoms with E-state index in [1.807, 2.05) is 56.3 Å². The Bertz CT molecular complexity index is 1330. The molecule has 1 aromatic heterocycles. The van der Waals surface area contributed by atoms with Crippen LogP contribution in [0.3, 0.4) is 0 Å². The first-order valence-corrected chi connectivity index (χ1v) is 10.8. The number of aliphatic hydroxyl groups is 1. The van der Waals surface area contributed by atoms with E-state index in [1.165, 1.54) is 18.5 Å². The van der Waals surface area contributed by atoms with E-state index in [-0.39, 0.29) is 25.6 Å². The van der Waals surface area contributed by atoms with Gasteiger partial charge in [0, 0.05) is 11.1 Å². The quantitative estimate of drug-likeness (QED) is 0.204. The molecule has 2 N–H and O–H groups in total. The predicted molar refractivity (Wildman–Crippen MR) is 130 cm³/mol. The molecular formula is C26H25FN4O3. The van der Waals surface area contributed by atoms with Crippen LogP contribution < -0.4 is 10.1 Å². The van der Waals surface area contributed by atoms with E-state index in [0.29, 0.717) is 11.5 Å². The molecule has 1 heterocycles. The van der Waals surface area contributed by atoms with Gasteiger partial charge in [-0.2, -0.15) is 0 Å². The van der Waals surface area contributed by atoms with E-state index in [0.717, 1.165) is 39.0 Å². The highest BCUT2D eigenvalue weighted by Crippen LogP contribution is 2.28. The average Bonchev–Trinajstić information content (AvgIpc) is 2.83. The van der Waals surface area contributed by atoms with Crippen LogP contribution in [0.1, 0.15) is 23.6 Å². The normalized spacial score (nSPS) is 11.5. The molecule has 0 saturated carbocycles. The first-order chi connectivity index (χ1) is 16.5. The van der Waals surface area contributed by atoms with Crippen LogP contribution in [-0.4, -0.2) is 34.0 Å². The fourth-order valence-electron chi connectivity index (χ4n) is 3.43. The molecule has 3 aromatic carbocycles. The summed E-state index contributed by atoms with van der Waals surface area (Å²) >= 11 is 0. The van der Waals surface area contributed by atoms with Crippen molar-refractivity contribution in [1.82, 2.24) is 9.97 Å². The van der Waals surface area contributed by atoms with Crippen LogP contribution in [0.15, 0.2) is 72.1 Å². The molecule has 0 aliphatic rings. The molecule has 0 radical (unpaired) electrons. The molecule has 0 fully saturated rings. The summed E-state index contributed by atoms with van der Waals surface area (Å²) in [7, 11) is 0. The maximum atomic E-state index is 13.4. The highest BCUT2D eigenvalue weighted by Gasteiger charge is 2.09. The molecule has 8 heteroatoms. The van der Waals surface area contributed by atoms with Crippen LogP contribution in [-0.2, 0) is 11.4 Å². The van der Waals surface area contributed by atoms with E-state index < -0.39 is 0 Å². The highest BCUT2D eigenvalue weighted by atomic mass is 19.1. The minimum absolute atomic E-state index is 0.0928. The Labute approximate surface area is 196 Å². The van der Waals surface area contributed by atoms with Gasteiger partial charge in [0.25, 0.3) is 0 Å². The van der Waals surface area contributed by atoms with Crippen LogP contribution in [0, 0.1) is 12.7 Å². The van der Waals surface area contributed by atoms with Crippen molar-refractivity contribution in [3.63, 3.8) is 0 Å². The zero-order chi connectivity index (χ0) is 23.9. The van der Waals surface area contributed by atoms with Crippen molar-refractivity contribution >= 4 is 28.1 Å². The molecule has 0 atom stereocenters. The average molecular weight is 461 g/mol. The number of ether oxygens (including phenoxy) is 1.